The number of carbonyl (C=O) groups excluding carboxylic acids is 2. The molecule has 1 aromatic heterocycles. The summed E-state index contributed by atoms with van der Waals surface area (Å²) in [5.41, 5.74) is -0.322. The molecular formula is C18H27N3O4. The van der Waals surface area contributed by atoms with Crippen LogP contribution in [0.3, 0.4) is 0 Å². The summed E-state index contributed by atoms with van der Waals surface area (Å²) in [5, 5.41) is 13.5. The second-order valence-corrected chi connectivity index (χ2v) is 7.71. The summed E-state index contributed by atoms with van der Waals surface area (Å²) in [7, 11) is 0. The molecule has 0 saturated carbocycles. The summed E-state index contributed by atoms with van der Waals surface area (Å²) in [6.07, 6.45) is 3.79. The number of likely N-dealkylation sites (tertiary alicyclic amines) is 1. The van der Waals surface area contributed by atoms with Crippen molar-refractivity contribution in [3.63, 3.8) is 0 Å². The van der Waals surface area contributed by atoms with Crippen LogP contribution in [0.25, 0.3) is 0 Å². The highest BCUT2D eigenvalue weighted by Crippen LogP contribution is 2.26. The monoisotopic (exact) mass is 349 g/mol. The lowest BCUT2D eigenvalue weighted by Gasteiger charge is -2.39. The number of anilines is 1. The van der Waals surface area contributed by atoms with Gasteiger partial charge in [-0.3, -0.25) is 9.78 Å². The van der Waals surface area contributed by atoms with Crippen LogP contribution < -0.4 is 5.32 Å². The number of hydrogen-bond donors (Lipinski definition) is 2. The van der Waals surface area contributed by atoms with E-state index in [1.165, 1.54) is 4.90 Å². The van der Waals surface area contributed by atoms with Gasteiger partial charge in [0.1, 0.15) is 5.60 Å². The van der Waals surface area contributed by atoms with E-state index in [4.69, 9.17) is 4.74 Å². The maximum atomic E-state index is 12.3. The van der Waals surface area contributed by atoms with Gasteiger partial charge in [0.25, 0.3) is 0 Å². The fourth-order valence-corrected chi connectivity index (χ4v) is 2.87. The Labute approximate surface area is 148 Å². The van der Waals surface area contributed by atoms with Crippen molar-refractivity contribution in [3.8, 4) is 0 Å². The molecule has 2 rings (SSSR count). The first-order valence-corrected chi connectivity index (χ1v) is 8.48. The number of aryl methyl sites for hydroxylation is 1. The summed E-state index contributed by atoms with van der Waals surface area (Å²) in [4.78, 5) is 30.0. The Morgan fingerprint density at radius 1 is 1.40 bits per heavy atom. The molecule has 2 N–H and O–H groups in total. The first kappa shape index (κ1) is 19.2. The summed E-state index contributed by atoms with van der Waals surface area (Å²) >= 11 is 0. The average molecular weight is 349 g/mol. The second-order valence-electron chi connectivity index (χ2n) is 7.71. The molecule has 1 aromatic rings. The molecule has 25 heavy (non-hydrogen) atoms. The van der Waals surface area contributed by atoms with Crippen molar-refractivity contribution < 1.29 is 19.4 Å². The van der Waals surface area contributed by atoms with Gasteiger partial charge in [0, 0.05) is 12.7 Å². The van der Waals surface area contributed by atoms with E-state index in [9.17, 15) is 14.7 Å². The Bertz CT molecular complexity index is 641. The number of rotatable bonds is 3. The fourth-order valence-electron chi connectivity index (χ4n) is 2.87. The number of aliphatic hydroxyl groups is 1. The summed E-state index contributed by atoms with van der Waals surface area (Å²) in [6.45, 7) is 7.87. The fraction of sp³-hybridized carbons (Fsp3) is 0.611. The zero-order valence-corrected chi connectivity index (χ0v) is 15.3. The standard InChI is InChI=1S/C18H27N3O4/c1-13-8-14(11-19-10-13)20-15(22)9-18(24)6-5-7-21(12-18)16(23)25-17(2,3)4/h8,10-11,24H,5-7,9,12H2,1-4H3,(H,20,22). The van der Waals surface area contributed by atoms with E-state index in [1.807, 2.05) is 13.0 Å². The van der Waals surface area contributed by atoms with Crippen molar-refractivity contribution in [2.24, 2.45) is 0 Å². The molecule has 0 aromatic carbocycles. The van der Waals surface area contributed by atoms with Gasteiger partial charge in [0.2, 0.25) is 5.91 Å². The molecule has 1 unspecified atom stereocenters. The van der Waals surface area contributed by atoms with Gasteiger partial charge in [0.05, 0.1) is 30.5 Å². The lowest BCUT2D eigenvalue weighted by Crippen LogP contribution is -2.52. The largest absolute Gasteiger partial charge is 0.444 e. The van der Waals surface area contributed by atoms with E-state index >= 15 is 0 Å². The quantitative estimate of drug-likeness (QED) is 0.875. The van der Waals surface area contributed by atoms with Crippen molar-refractivity contribution in [2.75, 3.05) is 18.4 Å². The number of nitrogens with one attached hydrogen (secondary N) is 1. The van der Waals surface area contributed by atoms with Gasteiger partial charge in [-0.05, 0) is 52.2 Å². The van der Waals surface area contributed by atoms with Crippen LogP contribution in [0.1, 0.15) is 45.6 Å². The van der Waals surface area contributed by atoms with E-state index in [1.54, 1.807) is 33.2 Å². The zero-order valence-electron chi connectivity index (χ0n) is 15.3. The number of piperidine rings is 1. The topological polar surface area (TPSA) is 91.8 Å². The second kappa shape index (κ2) is 7.39. The first-order chi connectivity index (χ1) is 11.6. The molecule has 1 saturated heterocycles. The average Bonchev–Trinajstić information content (AvgIpc) is 2.44. The molecule has 1 fully saturated rings. The zero-order chi connectivity index (χ0) is 18.7. The third-order valence-electron chi connectivity index (χ3n) is 3.86. The Kier molecular flexibility index (Phi) is 5.67. The summed E-state index contributed by atoms with van der Waals surface area (Å²) in [6, 6.07) is 1.81. The van der Waals surface area contributed by atoms with Gasteiger partial charge in [-0.1, -0.05) is 0 Å². The Morgan fingerprint density at radius 2 is 2.12 bits per heavy atom. The number of amides is 2. The summed E-state index contributed by atoms with van der Waals surface area (Å²) < 4.78 is 5.35. The van der Waals surface area contributed by atoms with Crippen LogP contribution in [-0.2, 0) is 9.53 Å². The number of carbonyl (C=O) groups is 2. The van der Waals surface area contributed by atoms with Crippen LogP contribution in [0.15, 0.2) is 18.5 Å². The maximum Gasteiger partial charge on any atom is 0.410 e. The normalized spacial score (nSPS) is 20.9. The lowest BCUT2D eigenvalue weighted by atomic mass is 9.89. The number of nitrogens with zero attached hydrogens (tertiary/aromatic N) is 2. The molecular weight excluding hydrogens is 322 g/mol. The van der Waals surface area contributed by atoms with E-state index in [0.717, 1.165) is 5.56 Å². The van der Waals surface area contributed by atoms with Crippen molar-refractivity contribution >= 4 is 17.7 Å². The molecule has 0 aliphatic carbocycles. The van der Waals surface area contributed by atoms with Gasteiger partial charge in [-0.15, -0.1) is 0 Å². The van der Waals surface area contributed by atoms with E-state index < -0.39 is 17.3 Å². The Morgan fingerprint density at radius 3 is 2.76 bits per heavy atom. The molecule has 7 heteroatoms. The van der Waals surface area contributed by atoms with Crippen molar-refractivity contribution in [3.05, 3.63) is 24.0 Å². The predicted octanol–water partition coefficient (Wildman–Crippen LogP) is 2.48. The van der Waals surface area contributed by atoms with Crippen LogP contribution >= 0.6 is 0 Å². The highest BCUT2D eigenvalue weighted by Gasteiger charge is 2.38. The minimum Gasteiger partial charge on any atom is -0.444 e. The predicted molar refractivity (Wildman–Crippen MR) is 94.2 cm³/mol. The van der Waals surface area contributed by atoms with E-state index in [-0.39, 0.29) is 18.9 Å². The van der Waals surface area contributed by atoms with Gasteiger partial charge in [-0.25, -0.2) is 4.79 Å². The Balaban J connectivity index is 1.95. The smallest absolute Gasteiger partial charge is 0.410 e. The molecule has 138 valence electrons. The number of pyridine rings is 1. The van der Waals surface area contributed by atoms with Crippen LogP contribution in [0.4, 0.5) is 10.5 Å². The van der Waals surface area contributed by atoms with Crippen LogP contribution in [0.5, 0.6) is 0 Å². The lowest BCUT2D eigenvalue weighted by molar-refractivity contribution is -0.123. The van der Waals surface area contributed by atoms with Gasteiger partial charge >= 0.3 is 6.09 Å². The van der Waals surface area contributed by atoms with E-state index in [0.29, 0.717) is 25.1 Å². The Hall–Kier alpha value is -2.15. The molecule has 7 nitrogen and oxygen atoms in total. The van der Waals surface area contributed by atoms with Crippen molar-refractivity contribution in [1.29, 1.82) is 0 Å². The minimum absolute atomic E-state index is 0.0831. The molecule has 2 heterocycles. The minimum atomic E-state index is -1.25. The molecule has 0 spiro atoms. The number of β-amino-alcohol motifs (C(OH)–C–C–N with tert-alkyl or cyclic N) is 1. The highest BCUT2D eigenvalue weighted by molar-refractivity contribution is 5.91. The van der Waals surface area contributed by atoms with Crippen molar-refractivity contribution in [2.45, 2.75) is 58.2 Å². The summed E-state index contributed by atoms with van der Waals surface area (Å²) in [5.74, 6) is -0.305. The van der Waals surface area contributed by atoms with E-state index in [2.05, 4.69) is 10.3 Å². The molecule has 1 aliphatic heterocycles. The SMILES string of the molecule is Cc1cncc(NC(=O)CC2(O)CCCN(C(=O)OC(C)(C)C)C2)c1. The number of ether oxygens (including phenoxy) is 1. The maximum absolute atomic E-state index is 12.3. The van der Waals surface area contributed by atoms with Gasteiger partial charge in [-0.2, -0.15) is 0 Å². The van der Waals surface area contributed by atoms with Crippen LogP contribution in [-0.4, -0.2) is 51.3 Å². The van der Waals surface area contributed by atoms with Crippen molar-refractivity contribution in [1.82, 2.24) is 9.88 Å². The first-order valence-electron chi connectivity index (χ1n) is 8.48. The molecule has 0 bridgehead atoms. The number of hydrogen-bond acceptors (Lipinski definition) is 5. The number of aromatic nitrogens is 1. The molecule has 0 radical (unpaired) electrons. The highest BCUT2D eigenvalue weighted by atomic mass is 16.6. The van der Waals surface area contributed by atoms with Gasteiger partial charge < -0.3 is 20.1 Å². The third-order valence-corrected chi connectivity index (χ3v) is 3.86. The molecule has 1 atom stereocenters. The molecule has 2 amide bonds. The third kappa shape index (κ3) is 6.01. The molecule has 1 aliphatic rings. The van der Waals surface area contributed by atoms with Crippen LogP contribution in [0, 0.1) is 6.92 Å². The van der Waals surface area contributed by atoms with Gasteiger partial charge in [0.15, 0.2) is 0 Å². The van der Waals surface area contributed by atoms with Crippen LogP contribution in [0.2, 0.25) is 0 Å².